The first-order valence-electron chi connectivity index (χ1n) is 12.4. The molecule has 1 atom stereocenters. The van der Waals surface area contributed by atoms with Gasteiger partial charge in [0.05, 0.1) is 20.5 Å². The molecule has 1 aliphatic carbocycles. The average molecular weight is 491 g/mol. The van der Waals surface area contributed by atoms with Gasteiger partial charge in [0.1, 0.15) is 6.04 Å². The number of benzene rings is 2. The smallest absolute Gasteiger partial charge is 0.294 e. The van der Waals surface area contributed by atoms with E-state index < -0.39 is 11.9 Å². The van der Waals surface area contributed by atoms with E-state index >= 15 is 0 Å². The van der Waals surface area contributed by atoms with Crippen molar-refractivity contribution >= 4 is 17.5 Å². The molecular weight excluding hydrogens is 456 g/mol. The van der Waals surface area contributed by atoms with Gasteiger partial charge < -0.3 is 19.2 Å². The molecule has 1 aromatic heterocycles. The number of hydrogen-bond acceptors (Lipinski definition) is 5. The molecule has 1 fully saturated rings. The van der Waals surface area contributed by atoms with Crippen LogP contribution in [0.4, 0.5) is 5.69 Å². The van der Waals surface area contributed by atoms with Crippen LogP contribution in [0.25, 0.3) is 0 Å². The van der Waals surface area contributed by atoms with Crippen molar-refractivity contribution in [2.75, 3.05) is 19.1 Å². The van der Waals surface area contributed by atoms with Crippen LogP contribution in [0.1, 0.15) is 73.2 Å². The first-order valence-corrected chi connectivity index (χ1v) is 12.4. The van der Waals surface area contributed by atoms with E-state index in [2.05, 4.69) is 19.2 Å². The van der Waals surface area contributed by atoms with Crippen LogP contribution in [-0.4, -0.2) is 32.1 Å². The zero-order valence-electron chi connectivity index (χ0n) is 21.3. The summed E-state index contributed by atoms with van der Waals surface area (Å²) in [5.74, 6) is 0.860. The van der Waals surface area contributed by atoms with Crippen LogP contribution >= 0.6 is 0 Å². The van der Waals surface area contributed by atoms with E-state index in [0.29, 0.717) is 28.7 Å². The number of nitrogens with zero attached hydrogens (tertiary/aromatic N) is 1. The first-order chi connectivity index (χ1) is 17.4. The van der Waals surface area contributed by atoms with Crippen molar-refractivity contribution in [3.8, 4) is 11.5 Å². The van der Waals surface area contributed by atoms with Crippen molar-refractivity contribution in [1.82, 2.24) is 5.32 Å². The lowest BCUT2D eigenvalue weighted by molar-refractivity contribution is -0.123. The fraction of sp³-hybridized carbons (Fsp3) is 0.379. The Balaban J connectivity index is 1.84. The number of amides is 2. The summed E-state index contributed by atoms with van der Waals surface area (Å²) < 4.78 is 16.4. The molecule has 190 valence electrons. The number of nitrogens with one attached hydrogen (secondary N) is 1. The molecular formula is C29H34N2O5. The lowest BCUT2D eigenvalue weighted by atomic mass is 9.99. The third kappa shape index (κ3) is 5.40. The second-order valence-electron chi connectivity index (χ2n) is 9.41. The molecule has 0 bridgehead atoms. The van der Waals surface area contributed by atoms with Gasteiger partial charge in [-0.15, -0.1) is 0 Å². The maximum Gasteiger partial charge on any atom is 0.294 e. The van der Waals surface area contributed by atoms with Crippen LogP contribution in [0.15, 0.2) is 65.3 Å². The number of furan rings is 1. The number of carbonyl (C=O) groups is 2. The minimum absolute atomic E-state index is 0.0871. The van der Waals surface area contributed by atoms with Gasteiger partial charge in [-0.3, -0.25) is 14.5 Å². The monoisotopic (exact) mass is 490 g/mol. The van der Waals surface area contributed by atoms with Crippen LogP contribution in [0.2, 0.25) is 0 Å². The Bertz CT molecular complexity index is 1160. The maximum atomic E-state index is 13.9. The predicted molar refractivity (Wildman–Crippen MR) is 139 cm³/mol. The highest BCUT2D eigenvalue weighted by atomic mass is 16.5. The highest BCUT2D eigenvalue weighted by molar-refractivity contribution is 6.08. The van der Waals surface area contributed by atoms with Crippen molar-refractivity contribution in [3.63, 3.8) is 0 Å². The second-order valence-corrected chi connectivity index (χ2v) is 9.41. The Morgan fingerprint density at radius 1 is 0.944 bits per heavy atom. The molecule has 2 aromatic carbocycles. The second kappa shape index (κ2) is 11.3. The highest BCUT2D eigenvalue weighted by Crippen LogP contribution is 2.36. The summed E-state index contributed by atoms with van der Waals surface area (Å²) in [7, 11) is 3.11. The zero-order chi connectivity index (χ0) is 25.7. The summed E-state index contributed by atoms with van der Waals surface area (Å²) in [4.78, 5) is 29.3. The van der Waals surface area contributed by atoms with Crippen LogP contribution in [0.5, 0.6) is 11.5 Å². The van der Waals surface area contributed by atoms with Crippen LogP contribution in [0, 0.1) is 0 Å². The summed E-state index contributed by atoms with van der Waals surface area (Å²) in [6.07, 6.45) is 5.48. The summed E-state index contributed by atoms with van der Waals surface area (Å²) in [6.45, 7) is 4.23. The van der Waals surface area contributed by atoms with Gasteiger partial charge in [-0.05, 0) is 66.3 Å². The fourth-order valence-electron chi connectivity index (χ4n) is 4.71. The highest BCUT2D eigenvalue weighted by Gasteiger charge is 2.36. The molecule has 3 aromatic rings. The summed E-state index contributed by atoms with van der Waals surface area (Å²) in [5.41, 5.74) is 2.35. The quantitative estimate of drug-likeness (QED) is 0.406. The van der Waals surface area contributed by atoms with E-state index in [0.717, 1.165) is 31.2 Å². The lowest BCUT2D eigenvalue weighted by Gasteiger charge is -2.32. The molecule has 1 saturated carbocycles. The van der Waals surface area contributed by atoms with E-state index in [1.54, 1.807) is 44.6 Å². The maximum absolute atomic E-state index is 13.9. The Morgan fingerprint density at radius 2 is 1.61 bits per heavy atom. The van der Waals surface area contributed by atoms with Gasteiger partial charge in [0.15, 0.2) is 17.3 Å². The van der Waals surface area contributed by atoms with Gasteiger partial charge in [-0.1, -0.05) is 44.9 Å². The van der Waals surface area contributed by atoms with Crippen molar-refractivity contribution in [3.05, 3.63) is 77.7 Å². The molecule has 0 spiro atoms. The minimum Gasteiger partial charge on any atom is -0.493 e. The Labute approximate surface area is 212 Å². The lowest BCUT2D eigenvalue weighted by Crippen LogP contribution is -2.46. The standard InChI is InChI=1S/C29H34N2O5/c1-19(2)20-11-14-23(15-12-20)31(29(33)25-10-7-17-36-25)27(28(32)30-22-8-5-6-9-22)21-13-16-24(34-3)26(18-21)35-4/h7,10-19,22,27H,5-6,8-9H2,1-4H3,(H,30,32)/t27-/m1/s1. The predicted octanol–water partition coefficient (Wildman–Crippen LogP) is 5.87. The molecule has 0 radical (unpaired) electrons. The Morgan fingerprint density at radius 3 is 2.19 bits per heavy atom. The topological polar surface area (TPSA) is 81.0 Å². The minimum atomic E-state index is -0.951. The van der Waals surface area contributed by atoms with Crippen LogP contribution in [-0.2, 0) is 4.79 Å². The molecule has 4 rings (SSSR count). The number of carbonyl (C=O) groups excluding carboxylic acids is 2. The molecule has 2 amide bonds. The van der Waals surface area contributed by atoms with E-state index in [1.807, 2.05) is 24.3 Å². The Kier molecular flexibility index (Phi) is 7.98. The molecule has 1 heterocycles. The molecule has 36 heavy (non-hydrogen) atoms. The zero-order valence-corrected chi connectivity index (χ0v) is 21.3. The van der Waals surface area contributed by atoms with Gasteiger partial charge in [-0.2, -0.15) is 0 Å². The molecule has 7 heteroatoms. The van der Waals surface area contributed by atoms with E-state index in [1.165, 1.54) is 11.2 Å². The van der Waals surface area contributed by atoms with Gasteiger partial charge in [0, 0.05) is 11.7 Å². The molecule has 1 N–H and O–H groups in total. The third-order valence-electron chi connectivity index (χ3n) is 6.72. The van der Waals surface area contributed by atoms with E-state index in [-0.39, 0.29) is 17.7 Å². The summed E-state index contributed by atoms with van der Waals surface area (Å²) in [6, 6.07) is 15.5. The average Bonchev–Trinajstić information content (AvgIpc) is 3.61. The fourth-order valence-corrected chi connectivity index (χ4v) is 4.71. The number of anilines is 1. The number of ether oxygens (including phenoxy) is 2. The van der Waals surface area contributed by atoms with Gasteiger partial charge in [-0.25, -0.2) is 0 Å². The molecule has 0 aliphatic heterocycles. The van der Waals surface area contributed by atoms with Gasteiger partial charge in [0.2, 0.25) is 5.91 Å². The number of hydrogen-bond donors (Lipinski definition) is 1. The number of rotatable bonds is 9. The molecule has 0 saturated heterocycles. The molecule has 0 unspecified atom stereocenters. The third-order valence-corrected chi connectivity index (χ3v) is 6.72. The van der Waals surface area contributed by atoms with Crippen molar-refractivity contribution in [1.29, 1.82) is 0 Å². The van der Waals surface area contributed by atoms with Crippen molar-refractivity contribution in [2.45, 2.75) is 57.5 Å². The van der Waals surface area contributed by atoms with E-state index in [4.69, 9.17) is 13.9 Å². The summed E-state index contributed by atoms with van der Waals surface area (Å²) in [5, 5.41) is 3.19. The SMILES string of the molecule is COc1ccc([C@H](C(=O)NC2CCCC2)N(C(=O)c2ccco2)c2ccc(C(C)C)cc2)cc1OC. The summed E-state index contributed by atoms with van der Waals surface area (Å²) >= 11 is 0. The largest absolute Gasteiger partial charge is 0.493 e. The van der Waals surface area contributed by atoms with Gasteiger partial charge >= 0.3 is 0 Å². The molecule has 7 nitrogen and oxygen atoms in total. The molecule has 1 aliphatic rings. The van der Waals surface area contributed by atoms with Crippen LogP contribution in [0.3, 0.4) is 0 Å². The van der Waals surface area contributed by atoms with E-state index in [9.17, 15) is 9.59 Å². The first kappa shape index (κ1) is 25.4. The normalized spacial score (nSPS) is 14.5. The van der Waals surface area contributed by atoms with Crippen LogP contribution < -0.4 is 19.7 Å². The number of methoxy groups -OCH3 is 2. The van der Waals surface area contributed by atoms with Crippen molar-refractivity contribution in [2.24, 2.45) is 0 Å². The van der Waals surface area contributed by atoms with Crippen molar-refractivity contribution < 1.29 is 23.5 Å². The Hall–Kier alpha value is -3.74. The van der Waals surface area contributed by atoms with Gasteiger partial charge in [0.25, 0.3) is 5.91 Å².